The Bertz CT molecular complexity index is 1140. The minimum Gasteiger partial charge on any atom is -0.486 e. The maximum atomic E-state index is 13.0. The molecule has 0 fully saturated rings. The number of anilines is 1. The zero-order valence-corrected chi connectivity index (χ0v) is 16.6. The number of amides is 1. The van der Waals surface area contributed by atoms with Crippen LogP contribution in [0.4, 0.5) is 32.0 Å². The first-order valence-electron chi connectivity index (χ1n) is 9.51. The van der Waals surface area contributed by atoms with Gasteiger partial charge in [0.25, 0.3) is 5.91 Å². The number of alkyl halides is 6. The topological polar surface area (TPSA) is 65.4 Å². The SMILES string of the molecule is O=C(Nc1cnn(CC2COc3ccccc3O2)c1)c1cc(C(F)(F)F)cc(C(F)(F)F)c1. The van der Waals surface area contributed by atoms with Crippen LogP contribution in [0.25, 0.3) is 0 Å². The first-order valence-corrected chi connectivity index (χ1v) is 9.51. The van der Waals surface area contributed by atoms with E-state index >= 15 is 0 Å². The molecule has 6 nitrogen and oxygen atoms in total. The lowest BCUT2D eigenvalue weighted by molar-refractivity contribution is -0.143. The summed E-state index contributed by atoms with van der Waals surface area (Å²) in [6.45, 7) is 0.467. The van der Waals surface area contributed by atoms with E-state index in [9.17, 15) is 31.1 Å². The van der Waals surface area contributed by atoms with Gasteiger partial charge in [0.1, 0.15) is 6.61 Å². The Morgan fingerprint density at radius 1 is 1.03 bits per heavy atom. The molecule has 0 bridgehead atoms. The molecule has 2 heterocycles. The second-order valence-corrected chi connectivity index (χ2v) is 7.20. The van der Waals surface area contributed by atoms with Gasteiger partial charge < -0.3 is 14.8 Å². The molecular weight excluding hydrogens is 456 g/mol. The molecule has 1 amide bonds. The zero-order valence-electron chi connectivity index (χ0n) is 16.6. The number of nitrogens with one attached hydrogen (secondary N) is 1. The Labute approximate surface area is 182 Å². The quantitative estimate of drug-likeness (QED) is 0.544. The number of nitrogens with zero attached hydrogens (tertiary/aromatic N) is 2. The Morgan fingerprint density at radius 2 is 1.67 bits per heavy atom. The average molecular weight is 471 g/mol. The van der Waals surface area contributed by atoms with E-state index in [1.165, 1.54) is 17.1 Å². The summed E-state index contributed by atoms with van der Waals surface area (Å²) in [5.41, 5.74) is -3.85. The van der Waals surface area contributed by atoms with Gasteiger partial charge in [-0.05, 0) is 30.3 Å². The van der Waals surface area contributed by atoms with Gasteiger partial charge in [-0.25, -0.2) is 0 Å². The number of aromatic nitrogens is 2. The van der Waals surface area contributed by atoms with Gasteiger partial charge in [-0.3, -0.25) is 9.48 Å². The van der Waals surface area contributed by atoms with Crippen LogP contribution < -0.4 is 14.8 Å². The molecule has 1 N–H and O–H groups in total. The molecule has 0 saturated carbocycles. The van der Waals surface area contributed by atoms with Crippen molar-refractivity contribution >= 4 is 11.6 Å². The van der Waals surface area contributed by atoms with Crippen molar-refractivity contribution in [2.24, 2.45) is 0 Å². The number of benzene rings is 2. The second-order valence-electron chi connectivity index (χ2n) is 7.20. The first-order chi connectivity index (χ1) is 15.5. The van der Waals surface area contributed by atoms with E-state index in [0.29, 0.717) is 23.6 Å². The van der Waals surface area contributed by atoms with Gasteiger partial charge in [0, 0.05) is 11.8 Å². The van der Waals surface area contributed by atoms with Crippen LogP contribution in [-0.2, 0) is 18.9 Å². The maximum absolute atomic E-state index is 13.0. The van der Waals surface area contributed by atoms with Gasteiger partial charge in [0.15, 0.2) is 17.6 Å². The van der Waals surface area contributed by atoms with Crippen molar-refractivity contribution in [2.45, 2.75) is 25.0 Å². The van der Waals surface area contributed by atoms with Gasteiger partial charge in [-0.1, -0.05) is 12.1 Å². The lowest BCUT2D eigenvalue weighted by Gasteiger charge is -2.26. The van der Waals surface area contributed by atoms with Crippen molar-refractivity contribution in [3.05, 3.63) is 71.5 Å². The highest BCUT2D eigenvalue weighted by molar-refractivity contribution is 6.04. The fraction of sp³-hybridized carbons (Fsp3) is 0.238. The molecule has 0 radical (unpaired) electrons. The molecule has 1 aromatic heterocycles. The molecule has 2 aromatic carbocycles. The van der Waals surface area contributed by atoms with E-state index in [1.54, 1.807) is 24.3 Å². The highest BCUT2D eigenvalue weighted by atomic mass is 19.4. The summed E-state index contributed by atoms with van der Waals surface area (Å²) in [4.78, 5) is 12.4. The number of hydrogen-bond donors (Lipinski definition) is 1. The zero-order chi connectivity index (χ0) is 23.8. The molecule has 12 heteroatoms. The third kappa shape index (κ3) is 5.21. The van der Waals surface area contributed by atoms with Crippen LogP contribution in [0.2, 0.25) is 0 Å². The summed E-state index contributed by atoms with van der Waals surface area (Å²) in [5, 5.41) is 6.29. The summed E-state index contributed by atoms with van der Waals surface area (Å²) in [6, 6.07) is 7.75. The minimum atomic E-state index is -5.05. The van der Waals surface area contributed by atoms with Crippen molar-refractivity contribution < 1.29 is 40.6 Å². The third-order valence-corrected chi connectivity index (χ3v) is 4.70. The number of carbonyl (C=O) groups is 1. The van der Waals surface area contributed by atoms with Crippen LogP contribution in [0.1, 0.15) is 21.5 Å². The van der Waals surface area contributed by atoms with Crippen LogP contribution in [0.3, 0.4) is 0 Å². The highest BCUT2D eigenvalue weighted by Gasteiger charge is 2.37. The molecule has 0 aliphatic carbocycles. The van der Waals surface area contributed by atoms with Crippen LogP contribution in [0.15, 0.2) is 54.9 Å². The van der Waals surface area contributed by atoms with Crippen molar-refractivity contribution in [3.63, 3.8) is 0 Å². The van der Waals surface area contributed by atoms with E-state index in [4.69, 9.17) is 9.47 Å². The van der Waals surface area contributed by atoms with Crippen LogP contribution in [-0.4, -0.2) is 28.4 Å². The average Bonchev–Trinajstić information content (AvgIpc) is 3.18. The number of hydrogen-bond acceptors (Lipinski definition) is 4. The number of rotatable bonds is 4. The Balaban J connectivity index is 1.47. The molecule has 1 aliphatic heterocycles. The third-order valence-electron chi connectivity index (χ3n) is 4.70. The summed E-state index contributed by atoms with van der Waals surface area (Å²) in [6.07, 6.45) is -7.92. The van der Waals surface area contributed by atoms with Gasteiger partial charge in [0.2, 0.25) is 0 Å². The summed E-state index contributed by atoms with van der Waals surface area (Å²) in [5.74, 6) is 0.0123. The van der Waals surface area contributed by atoms with Crippen LogP contribution in [0, 0.1) is 0 Å². The molecule has 1 aliphatic rings. The summed E-state index contributed by atoms with van der Waals surface area (Å²) >= 11 is 0. The molecular formula is C21H15F6N3O3. The maximum Gasteiger partial charge on any atom is 0.416 e. The largest absolute Gasteiger partial charge is 0.486 e. The molecule has 4 rings (SSSR count). The lowest BCUT2D eigenvalue weighted by atomic mass is 10.0. The van der Waals surface area contributed by atoms with Crippen molar-refractivity contribution in [2.75, 3.05) is 11.9 Å². The molecule has 1 atom stereocenters. The lowest BCUT2D eigenvalue weighted by Crippen LogP contribution is -2.33. The highest BCUT2D eigenvalue weighted by Crippen LogP contribution is 2.36. The fourth-order valence-electron chi connectivity index (χ4n) is 3.18. The number of carbonyl (C=O) groups excluding carboxylic acids is 1. The van der Waals surface area contributed by atoms with Crippen molar-refractivity contribution in [1.82, 2.24) is 9.78 Å². The number of para-hydroxylation sites is 2. The monoisotopic (exact) mass is 471 g/mol. The van der Waals surface area contributed by atoms with Crippen LogP contribution in [0.5, 0.6) is 11.5 Å². The first kappa shape index (κ1) is 22.5. The number of fused-ring (bicyclic) bond motifs is 1. The smallest absolute Gasteiger partial charge is 0.416 e. The second kappa shape index (κ2) is 8.34. The van der Waals surface area contributed by atoms with E-state index in [-0.39, 0.29) is 24.9 Å². The number of ether oxygens (including phenoxy) is 2. The predicted molar refractivity (Wildman–Crippen MR) is 103 cm³/mol. The predicted octanol–water partition coefficient (Wildman–Crippen LogP) is 5.01. The van der Waals surface area contributed by atoms with Crippen molar-refractivity contribution in [3.8, 4) is 11.5 Å². The Hall–Kier alpha value is -3.70. The molecule has 174 valence electrons. The van der Waals surface area contributed by atoms with E-state index in [1.807, 2.05) is 0 Å². The molecule has 0 spiro atoms. The summed E-state index contributed by atoms with van der Waals surface area (Å²) in [7, 11) is 0. The minimum absolute atomic E-state index is 0.0425. The van der Waals surface area contributed by atoms with Gasteiger partial charge in [-0.15, -0.1) is 0 Å². The standard InChI is InChI=1S/C21H15F6N3O3/c22-20(23,24)13-5-12(6-14(7-13)21(25,26)27)19(31)29-15-8-28-30(9-15)10-16-11-32-17-3-1-2-4-18(17)33-16/h1-9,16H,10-11H2,(H,29,31). The van der Waals surface area contributed by atoms with Crippen molar-refractivity contribution in [1.29, 1.82) is 0 Å². The normalized spacial score (nSPS) is 15.9. The Kier molecular flexibility index (Phi) is 5.68. The van der Waals surface area contributed by atoms with E-state index < -0.39 is 41.1 Å². The molecule has 3 aromatic rings. The molecule has 1 unspecified atom stereocenters. The van der Waals surface area contributed by atoms with Gasteiger partial charge in [0.05, 0.1) is 29.6 Å². The Morgan fingerprint density at radius 3 is 2.30 bits per heavy atom. The van der Waals surface area contributed by atoms with E-state index in [0.717, 1.165) is 0 Å². The summed E-state index contributed by atoms with van der Waals surface area (Å²) < 4.78 is 90.9. The number of halogens is 6. The van der Waals surface area contributed by atoms with Gasteiger partial charge >= 0.3 is 12.4 Å². The fourth-order valence-corrected chi connectivity index (χ4v) is 3.18. The van der Waals surface area contributed by atoms with E-state index in [2.05, 4.69) is 10.4 Å². The molecule has 0 saturated heterocycles. The van der Waals surface area contributed by atoms with Crippen LogP contribution >= 0.6 is 0 Å². The van der Waals surface area contributed by atoms with Gasteiger partial charge in [-0.2, -0.15) is 31.4 Å². The molecule has 33 heavy (non-hydrogen) atoms.